The number of rotatable bonds is 6. The molecule has 27 heavy (non-hydrogen) atoms. The molecule has 0 unspecified atom stereocenters. The number of nitrogens with one attached hydrogen (secondary N) is 1. The Labute approximate surface area is 162 Å². The maximum atomic E-state index is 12.4. The molecule has 7 heteroatoms. The first-order valence-corrected chi connectivity index (χ1v) is 9.93. The Morgan fingerprint density at radius 1 is 1.19 bits per heavy atom. The van der Waals surface area contributed by atoms with Gasteiger partial charge in [-0.3, -0.25) is 9.69 Å². The molecule has 1 saturated heterocycles. The number of ether oxygens (including phenoxy) is 1. The molecule has 3 heterocycles. The van der Waals surface area contributed by atoms with Crippen LogP contribution in [0.4, 0.5) is 0 Å². The second-order valence-corrected chi connectivity index (χ2v) is 7.34. The zero-order valence-electron chi connectivity index (χ0n) is 15.0. The summed E-state index contributed by atoms with van der Waals surface area (Å²) in [7, 11) is 0. The SMILES string of the molecule is O=C(NCCN1CCOCC1)c1cc(-c2ccc(-n3ccnc3)cc2)cs1. The number of imidazole rings is 1. The van der Waals surface area contributed by atoms with E-state index in [0.717, 1.165) is 54.5 Å². The fourth-order valence-corrected chi connectivity index (χ4v) is 3.92. The lowest BCUT2D eigenvalue weighted by atomic mass is 10.1. The van der Waals surface area contributed by atoms with Gasteiger partial charge in [-0.2, -0.15) is 0 Å². The molecule has 1 fully saturated rings. The van der Waals surface area contributed by atoms with E-state index in [0.29, 0.717) is 6.54 Å². The van der Waals surface area contributed by atoms with Crippen LogP contribution in [-0.4, -0.2) is 59.8 Å². The molecule has 0 atom stereocenters. The number of hydrogen-bond donors (Lipinski definition) is 1. The third-order valence-electron chi connectivity index (χ3n) is 4.64. The number of aromatic nitrogens is 2. The number of nitrogens with zero attached hydrogens (tertiary/aromatic N) is 3. The predicted octanol–water partition coefficient (Wildman–Crippen LogP) is 2.66. The van der Waals surface area contributed by atoms with Crippen LogP contribution < -0.4 is 5.32 Å². The molecule has 0 radical (unpaired) electrons. The minimum absolute atomic E-state index is 0.00505. The molecule has 1 aromatic carbocycles. The van der Waals surface area contributed by atoms with Gasteiger partial charge >= 0.3 is 0 Å². The molecule has 0 bridgehead atoms. The van der Waals surface area contributed by atoms with Gasteiger partial charge in [-0.25, -0.2) is 4.98 Å². The standard InChI is InChI=1S/C20H22N4O2S/c25-20(22-6-7-23-9-11-26-12-10-23)19-13-17(14-27-19)16-1-3-18(4-2-16)24-8-5-21-15-24/h1-5,8,13-15H,6-7,9-12H2,(H,22,25). The molecule has 1 N–H and O–H groups in total. The Hall–Kier alpha value is -2.48. The summed E-state index contributed by atoms with van der Waals surface area (Å²) >= 11 is 1.48. The van der Waals surface area contributed by atoms with Crippen molar-refractivity contribution >= 4 is 17.2 Å². The van der Waals surface area contributed by atoms with E-state index in [-0.39, 0.29) is 5.91 Å². The van der Waals surface area contributed by atoms with Crippen LogP contribution in [0.2, 0.25) is 0 Å². The van der Waals surface area contributed by atoms with Crippen LogP contribution in [0.25, 0.3) is 16.8 Å². The van der Waals surface area contributed by atoms with Crippen molar-refractivity contribution < 1.29 is 9.53 Å². The second kappa shape index (κ2) is 8.47. The molecule has 3 aromatic rings. The molecule has 1 aliphatic rings. The third kappa shape index (κ3) is 4.44. The molecule has 6 nitrogen and oxygen atoms in total. The van der Waals surface area contributed by atoms with E-state index in [4.69, 9.17) is 4.74 Å². The monoisotopic (exact) mass is 382 g/mol. The van der Waals surface area contributed by atoms with E-state index in [1.165, 1.54) is 11.3 Å². The Morgan fingerprint density at radius 2 is 2.00 bits per heavy atom. The molecule has 0 saturated carbocycles. The summed E-state index contributed by atoms with van der Waals surface area (Å²) in [6.45, 7) is 4.96. The van der Waals surface area contributed by atoms with Crippen molar-refractivity contribution in [1.82, 2.24) is 19.8 Å². The average molecular weight is 382 g/mol. The Balaban J connectivity index is 1.34. The summed E-state index contributed by atoms with van der Waals surface area (Å²) in [5.74, 6) is -0.00505. The van der Waals surface area contributed by atoms with Gasteiger partial charge in [0.05, 0.1) is 24.4 Å². The zero-order chi connectivity index (χ0) is 18.5. The van der Waals surface area contributed by atoms with Crippen LogP contribution in [0.5, 0.6) is 0 Å². The maximum Gasteiger partial charge on any atom is 0.261 e. The summed E-state index contributed by atoms with van der Waals surface area (Å²) in [5.41, 5.74) is 3.23. The Bertz CT molecular complexity index is 868. The number of carbonyl (C=O) groups excluding carboxylic acids is 1. The van der Waals surface area contributed by atoms with Crippen molar-refractivity contribution in [3.63, 3.8) is 0 Å². The highest BCUT2D eigenvalue weighted by atomic mass is 32.1. The van der Waals surface area contributed by atoms with Crippen molar-refractivity contribution in [3.8, 4) is 16.8 Å². The number of carbonyl (C=O) groups is 1. The maximum absolute atomic E-state index is 12.4. The van der Waals surface area contributed by atoms with Crippen LogP contribution in [0.1, 0.15) is 9.67 Å². The summed E-state index contributed by atoms with van der Waals surface area (Å²) in [4.78, 5) is 19.5. The van der Waals surface area contributed by atoms with E-state index in [9.17, 15) is 4.79 Å². The molecule has 2 aromatic heterocycles. The smallest absolute Gasteiger partial charge is 0.261 e. The fourth-order valence-electron chi connectivity index (χ4n) is 3.08. The molecular formula is C20H22N4O2S. The van der Waals surface area contributed by atoms with E-state index in [2.05, 4.69) is 39.5 Å². The van der Waals surface area contributed by atoms with Gasteiger partial charge in [0.2, 0.25) is 0 Å². The topological polar surface area (TPSA) is 59.4 Å². The summed E-state index contributed by atoms with van der Waals surface area (Å²) in [6.07, 6.45) is 5.45. The minimum atomic E-state index is -0.00505. The second-order valence-electron chi connectivity index (χ2n) is 6.43. The number of amides is 1. The van der Waals surface area contributed by atoms with Gasteiger partial charge in [0, 0.05) is 44.3 Å². The van der Waals surface area contributed by atoms with Gasteiger partial charge in [-0.15, -0.1) is 11.3 Å². The number of morpholine rings is 1. The average Bonchev–Trinajstić information content (AvgIpc) is 3.41. The van der Waals surface area contributed by atoms with Gasteiger partial charge in [0.15, 0.2) is 0 Å². The molecular weight excluding hydrogens is 360 g/mol. The van der Waals surface area contributed by atoms with E-state index < -0.39 is 0 Å². The number of thiophene rings is 1. The number of hydrogen-bond acceptors (Lipinski definition) is 5. The molecule has 1 aliphatic heterocycles. The van der Waals surface area contributed by atoms with Crippen molar-refractivity contribution in [2.24, 2.45) is 0 Å². The van der Waals surface area contributed by atoms with Crippen LogP contribution >= 0.6 is 11.3 Å². The molecule has 0 aliphatic carbocycles. The van der Waals surface area contributed by atoms with Crippen LogP contribution in [0.3, 0.4) is 0 Å². The normalized spacial score (nSPS) is 15.0. The van der Waals surface area contributed by atoms with Crippen molar-refractivity contribution in [2.45, 2.75) is 0 Å². The van der Waals surface area contributed by atoms with Crippen LogP contribution in [0.15, 0.2) is 54.4 Å². The quantitative estimate of drug-likeness (QED) is 0.712. The van der Waals surface area contributed by atoms with Gasteiger partial charge < -0.3 is 14.6 Å². The van der Waals surface area contributed by atoms with Gasteiger partial charge in [-0.05, 0) is 34.7 Å². The van der Waals surface area contributed by atoms with Crippen molar-refractivity contribution in [3.05, 3.63) is 59.3 Å². The largest absolute Gasteiger partial charge is 0.379 e. The summed E-state index contributed by atoms with van der Waals surface area (Å²) in [5, 5.41) is 5.05. The highest BCUT2D eigenvalue weighted by molar-refractivity contribution is 7.12. The predicted molar refractivity (Wildman–Crippen MR) is 106 cm³/mol. The number of benzene rings is 1. The molecule has 0 spiro atoms. The van der Waals surface area contributed by atoms with E-state index >= 15 is 0 Å². The first-order valence-electron chi connectivity index (χ1n) is 9.05. The lowest BCUT2D eigenvalue weighted by molar-refractivity contribution is 0.0383. The summed E-state index contributed by atoms with van der Waals surface area (Å²) in [6, 6.07) is 10.2. The molecule has 140 valence electrons. The molecule has 1 amide bonds. The molecule has 4 rings (SSSR count). The first-order chi connectivity index (χ1) is 13.3. The lowest BCUT2D eigenvalue weighted by Gasteiger charge is -2.26. The third-order valence-corrected chi connectivity index (χ3v) is 5.57. The Morgan fingerprint density at radius 3 is 2.74 bits per heavy atom. The summed E-state index contributed by atoms with van der Waals surface area (Å²) < 4.78 is 7.30. The first kappa shape index (κ1) is 17.9. The van der Waals surface area contributed by atoms with Crippen LogP contribution in [0, 0.1) is 0 Å². The lowest BCUT2D eigenvalue weighted by Crippen LogP contribution is -2.41. The minimum Gasteiger partial charge on any atom is -0.379 e. The zero-order valence-corrected chi connectivity index (χ0v) is 15.8. The van der Waals surface area contributed by atoms with Crippen molar-refractivity contribution in [1.29, 1.82) is 0 Å². The van der Waals surface area contributed by atoms with Gasteiger partial charge in [0.1, 0.15) is 0 Å². The Kier molecular flexibility index (Phi) is 5.62. The van der Waals surface area contributed by atoms with E-state index in [1.54, 1.807) is 12.5 Å². The van der Waals surface area contributed by atoms with Crippen LogP contribution in [-0.2, 0) is 4.74 Å². The highest BCUT2D eigenvalue weighted by Crippen LogP contribution is 2.26. The van der Waals surface area contributed by atoms with Gasteiger partial charge in [0.25, 0.3) is 5.91 Å². The highest BCUT2D eigenvalue weighted by Gasteiger charge is 2.13. The fraction of sp³-hybridized carbons (Fsp3) is 0.300. The van der Waals surface area contributed by atoms with E-state index in [1.807, 2.05) is 22.2 Å². The van der Waals surface area contributed by atoms with Crippen molar-refractivity contribution in [2.75, 3.05) is 39.4 Å². The van der Waals surface area contributed by atoms with Gasteiger partial charge in [-0.1, -0.05) is 12.1 Å².